The summed E-state index contributed by atoms with van der Waals surface area (Å²) in [5, 5.41) is 7.21. The third-order valence-corrected chi connectivity index (χ3v) is 5.03. The van der Waals surface area contributed by atoms with E-state index in [4.69, 9.17) is 9.26 Å². The fourth-order valence-corrected chi connectivity index (χ4v) is 3.55. The number of hydrogen-bond acceptors (Lipinski definition) is 5. The second-order valence-electron chi connectivity index (χ2n) is 6.69. The molecule has 3 aromatic rings. The summed E-state index contributed by atoms with van der Waals surface area (Å²) in [5.41, 5.74) is 3.30. The Morgan fingerprint density at radius 3 is 2.69 bits per heavy atom. The van der Waals surface area contributed by atoms with Crippen molar-refractivity contribution in [3.8, 4) is 17.1 Å². The number of rotatable bonds is 5. The van der Waals surface area contributed by atoms with E-state index in [1.807, 2.05) is 68.4 Å². The van der Waals surface area contributed by atoms with Gasteiger partial charge >= 0.3 is 6.03 Å². The summed E-state index contributed by atoms with van der Waals surface area (Å²) >= 11 is 0. The van der Waals surface area contributed by atoms with Crippen molar-refractivity contribution in [2.24, 2.45) is 0 Å². The lowest BCUT2D eigenvalue weighted by Gasteiger charge is -2.34. The number of nitrogens with one attached hydrogen (secondary N) is 1. The van der Waals surface area contributed by atoms with Crippen LogP contribution >= 0.6 is 0 Å². The highest BCUT2D eigenvalue weighted by molar-refractivity contribution is 5.86. The number of amides is 2. The summed E-state index contributed by atoms with van der Waals surface area (Å²) in [6.07, 6.45) is 0. The van der Waals surface area contributed by atoms with Gasteiger partial charge in [0.05, 0.1) is 18.7 Å². The summed E-state index contributed by atoms with van der Waals surface area (Å²) in [4.78, 5) is 18.9. The van der Waals surface area contributed by atoms with E-state index in [9.17, 15) is 4.79 Å². The molecular weight excluding hydrogens is 368 g/mol. The molecule has 4 rings (SSSR count). The largest absolute Gasteiger partial charge is 0.497 e. The van der Waals surface area contributed by atoms with E-state index >= 15 is 0 Å². The van der Waals surface area contributed by atoms with E-state index in [0.717, 1.165) is 22.4 Å². The van der Waals surface area contributed by atoms with Gasteiger partial charge in [-0.05, 0) is 31.5 Å². The van der Waals surface area contributed by atoms with Gasteiger partial charge in [-0.15, -0.1) is 0 Å². The van der Waals surface area contributed by atoms with Crippen molar-refractivity contribution in [1.29, 1.82) is 0 Å². The van der Waals surface area contributed by atoms with Gasteiger partial charge in [0.15, 0.2) is 0 Å². The summed E-state index contributed by atoms with van der Waals surface area (Å²) in [6.45, 7) is 4.36. The average molecular weight is 390 g/mol. The maximum Gasteiger partial charge on any atom is 0.322 e. The van der Waals surface area contributed by atoms with Crippen molar-refractivity contribution in [1.82, 2.24) is 20.4 Å². The second-order valence-corrected chi connectivity index (χ2v) is 6.69. The van der Waals surface area contributed by atoms with Crippen LogP contribution in [-0.2, 0) is 0 Å². The minimum atomic E-state index is -0.426. The number of carbonyl (C=O) groups excluding carboxylic acids is 1. The Bertz CT molecular complexity index is 1060. The van der Waals surface area contributed by atoms with Crippen molar-refractivity contribution >= 4 is 11.6 Å². The lowest BCUT2D eigenvalue weighted by atomic mass is 9.94. The minimum absolute atomic E-state index is 0.163. The molecule has 0 fully saturated rings. The quantitative estimate of drug-likeness (QED) is 0.704. The lowest BCUT2D eigenvalue weighted by molar-refractivity contribution is 0.207. The highest BCUT2D eigenvalue weighted by Gasteiger charge is 2.35. The zero-order valence-corrected chi connectivity index (χ0v) is 16.5. The molecule has 1 aliphatic rings. The van der Waals surface area contributed by atoms with Crippen molar-refractivity contribution < 1.29 is 14.1 Å². The van der Waals surface area contributed by atoms with E-state index in [1.54, 1.807) is 12.0 Å². The minimum Gasteiger partial charge on any atom is -0.497 e. The molecule has 1 N–H and O–H groups in total. The SMILES string of the molecule is CCN1C(=O)NC(c2cccc(OC)c2)C(c2nc(-c3ccccc3)no2)=C1C. The van der Waals surface area contributed by atoms with E-state index in [0.29, 0.717) is 24.0 Å². The molecule has 29 heavy (non-hydrogen) atoms. The Labute approximate surface area is 169 Å². The third-order valence-electron chi connectivity index (χ3n) is 5.03. The first-order valence-electron chi connectivity index (χ1n) is 9.44. The van der Waals surface area contributed by atoms with Crippen LogP contribution in [0.1, 0.15) is 31.3 Å². The third kappa shape index (κ3) is 3.47. The fraction of sp³-hybridized carbons (Fsp3) is 0.227. The predicted octanol–water partition coefficient (Wildman–Crippen LogP) is 4.26. The molecule has 1 aromatic heterocycles. The molecule has 0 radical (unpaired) electrons. The molecule has 0 aliphatic carbocycles. The van der Waals surface area contributed by atoms with Crippen LogP contribution in [0, 0.1) is 0 Å². The first kappa shape index (κ1) is 18.7. The van der Waals surface area contributed by atoms with Crippen LogP contribution in [0.2, 0.25) is 0 Å². The standard InChI is InChI=1S/C22H22N4O3/c1-4-26-14(2)18(21-24-20(25-29-21)15-9-6-5-7-10-15)19(23-22(26)27)16-11-8-12-17(13-16)28-3/h5-13,19H,4H2,1-3H3,(H,23,27). The lowest BCUT2D eigenvalue weighted by Crippen LogP contribution is -2.45. The Hall–Kier alpha value is -3.61. The highest BCUT2D eigenvalue weighted by atomic mass is 16.5. The van der Waals surface area contributed by atoms with Crippen LogP contribution in [0.25, 0.3) is 17.0 Å². The zero-order valence-electron chi connectivity index (χ0n) is 16.5. The number of nitrogens with zero attached hydrogens (tertiary/aromatic N) is 3. The maximum atomic E-state index is 12.7. The molecule has 2 amide bonds. The van der Waals surface area contributed by atoms with Gasteiger partial charge in [0.25, 0.3) is 5.89 Å². The normalized spacial score (nSPS) is 16.7. The molecule has 0 bridgehead atoms. The summed E-state index contributed by atoms with van der Waals surface area (Å²) < 4.78 is 11.0. The first-order chi connectivity index (χ1) is 14.1. The molecule has 0 spiro atoms. The van der Waals surface area contributed by atoms with Crippen LogP contribution in [0.4, 0.5) is 4.79 Å². The van der Waals surface area contributed by atoms with Gasteiger partial charge in [-0.1, -0.05) is 47.6 Å². The smallest absolute Gasteiger partial charge is 0.322 e. The van der Waals surface area contributed by atoms with Gasteiger partial charge in [-0.3, -0.25) is 4.90 Å². The molecule has 148 valence electrons. The molecule has 1 unspecified atom stereocenters. The van der Waals surface area contributed by atoms with Crippen molar-refractivity contribution in [2.75, 3.05) is 13.7 Å². The van der Waals surface area contributed by atoms with Crippen LogP contribution in [0.5, 0.6) is 5.75 Å². The molecule has 2 heterocycles. The first-order valence-corrected chi connectivity index (χ1v) is 9.44. The van der Waals surface area contributed by atoms with Crippen LogP contribution < -0.4 is 10.1 Å². The topological polar surface area (TPSA) is 80.5 Å². The molecule has 7 heteroatoms. The molecule has 2 aromatic carbocycles. The van der Waals surface area contributed by atoms with Gasteiger partial charge in [0.1, 0.15) is 5.75 Å². The predicted molar refractivity (Wildman–Crippen MR) is 109 cm³/mol. The van der Waals surface area contributed by atoms with Crippen molar-refractivity contribution in [3.05, 3.63) is 71.7 Å². The number of urea groups is 1. The molecular formula is C22H22N4O3. The van der Waals surface area contributed by atoms with E-state index in [2.05, 4.69) is 15.5 Å². The van der Waals surface area contributed by atoms with Gasteiger partial charge in [-0.2, -0.15) is 4.98 Å². The van der Waals surface area contributed by atoms with Crippen molar-refractivity contribution in [2.45, 2.75) is 19.9 Å². The van der Waals surface area contributed by atoms with Crippen LogP contribution in [0.3, 0.4) is 0 Å². The summed E-state index contributed by atoms with van der Waals surface area (Å²) in [6, 6.07) is 16.6. The Morgan fingerprint density at radius 2 is 1.97 bits per heavy atom. The Kier molecular flexibility index (Phi) is 5.03. The van der Waals surface area contributed by atoms with Crippen molar-refractivity contribution in [3.63, 3.8) is 0 Å². The fourth-order valence-electron chi connectivity index (χ4n) is 3.55. The van der Waals surface area contributed by atoms with Crippen LogP contribution in [-0.4, -0.2) is 34.7 Å². The number of methoxy groups -OCH3 is 1. The molecule has 1 atom stereocenters. The van der Waals surface area contributed by atoms with Gasteiger partial charge in [0, 0.05) is 17.8 Å². The van der Waals surface area contributed by atoms with E-state index < -0.39 is 6.04 Å². The monoisotopic (exact) mass is 390 g/mol. The molecule has 0 saturated heterocycles. The number of aromatic nitrogens is 2. The maximum absolute atomic E-state index is 12.7. The number of ether oxygens (including phenoxy) is 1. The molecule has 7 nitrogen and oxygen atoms in total. The van der Waals surface area contributed by atoms with Gasteiger partial charge < -0.3 is 14.6 Å². The van der Waals surface area contributed by atoms with Gasteiger partial charge in [0.2, 0.25) is 5.82 Å². The summed E-state index contributed by atoms with van der Waals surface area (Å²) in [7, 11) is 1.61. The van der Waals surface area contributed by atoms with Gasteiger partial charge in [-0.25, -0.2) is 4.79 Å². The van der Waals surface area contributed by atoms with E-state index in [-0.39, 0.29) is 6.03 Å². The highest BCUT2D eigenvalue weighted by Crippen LogP contribution is 2.38. The van der Waals surface area contributed by atoms with Crippen LogP contribution in [0.15, 0.2) is 64.8 Å². The number of hydrogen-bond donors (Lipinski definition) is 1. The summed E-state index contributed by atoms with van der Waals surface area (Å²) in [5.74, 6) is 1.60. The molecule has 0 saturated carbocycles. The second kappa shape index (κ2) is 7.79. The Morgan fingerprint density at radius 1 is 1.17 bits per heavy atom. The number of benzene rings is 2. The van der Waals surface area contributed by atoms with E-state index in [1.165, 1.54) is 0 Å². The number of carbonyl (C=O) groups is 1. The zero-order chi connectivity index (χ0) is 20.4. The molecule has 1 aliphatic heterocycles. The average Bonchev–Trinajstić information content (AvgIpc) is 3.24. The Balaban J connectivity index is 1.82. The number of allylic oxidation sites excluding steroid dienone is 1.